The Morgan fingerprint density at radius 3 is 2.67 bits per heavy atom. The molecule has 6 heteroatoms. The quantitative estimate of drug-likeness (QED) is 0.463. The minimum Gasteiger partial charge on any atom is -0.464 e. The summed E-state index contributed by atoms with van der Waals surface area (Å²) < 4.78 is 11.5. The maximum Gasteiger partial charge on any atom is 0.183 e. The average Bonchev–Trinajstić information content (AvgIpc) is 2.02. The lowest BCUT2D eigenvalue weighted by Crippen LogP contribution is -2.41. The summed E-state index contributed by atoms with van der Waals surface area (Å²) in [5.74, 6) is 0. The van der Waals surface area contributed by atoms with Gasteiger partial charge in [-0.2, -0.15) is 0 Å². The van der Waals surface area contributed by atoms with Crippen LogP contribution in [0.1, 0.15) is 0 Å². The van der Waals surface area contributed by atoms with Crippen molar-refractivity contribution in [1.82, 2.24) is 0 Å². The van der Waals surface area contributed by atoms with Crippen molar-refractivity contribution < 1.29 is 8.23 Å². The predicted molar refractivity (Wildman–Crippen MR) is 66.2 cm³/mol. The Hall–Kier alpha value is 0.528. The van der Waals surface area contributed by atoms with E-state index >= 15 is 0 Å². The Morgan fingerprint density at radius 1 is 1.67 bits per heavy atom. The highest BCUT2D eigenvalue weighted by Gasteiger charge is 2.22. The van der Waals surface area contributed by atoms with E-state index in [1.807, 2.05) is 6.08 Å². The first-order valence-electron chi connectivity index (χ1n) is 4.29. The molecule has 12 heavy (non-hydrogen) atoms. The summed E-state index contributed by atoms with van der Waals surface area (Å²) in [4.78, 5) is 0. The number of allylic oxidation sites excluding steroid dienone is 1. The van der Waals surface area contributed by atoms with E-state index in [1.54, 1.807) is 0 Å². The van der Waals surface area contributed by atoms with Crippen LogP contribution in [-0.4, -0.2) is 36.6 Å². The molecule has 0 radical (unpaired) electrons. The molecule has 0 aliphatic heterocycles. The minimum absolute atomic E-state index is 0.363. The molecule has 0 aromatic rings. The summed E-state index contributed by atoms with van der Waals surface area (Å²) >= 11 is 0. The zero-order chi connectivity index (χ0) is 9.61. The van der Waals surface area contributed by atoms with Gasteiger partial charge in [-0.25, -0.2) is 0 Å². The highest BCUT2D eigenvalue weighted by Crippen LogP contribution is 2.02. The molecule has 1 unspecified atom stereocenters. The van der Waals surface area contributed by atoms with E-state index in [-0.39, 0.29) is 9.28 Å². The summed E-state index contributed by atoms with van der Waals surface area (Å²) in [7, 11) is -1.68. The summed E-state index contributed by atoms with van der Waals surface area (Å²) in [5, 5.41) is 0. The van der Waals surface area contributed by atoms with E-state index in [0.29, 0.717) is 0 Å². The molecule has 0 aromatic heterocycles. The molecule has 0 heterocycles. The van der Waals surface area contributed by atoms with Gasteiger partial charge in [0.25, 0.3) is 0 Å². The van der Waals surface area contributed by atoms with Crippen molar-refractivity contribution in [3.63, 3.8) is 0 Å². The third kappa shape index (κ3) is 6.09. The van der Waals surface area contributed by atoms with E-state index in [1.165, 1.54) is 0 Å². The second-order valence-electron chi connectivity index (χ2n) is 3.61. The molecule has 0 aromatic carbocycles. The normalized spacial score (nSPS) is 15.6. The van der Waals surface area contributed by atoms with Crippen LogP contribution in [0.5, 0.6) is 0 Å². The van der Waals surface area contributed by atoms with Gasteiger partial charge in [0.1, 0.15) is 10.5 Å². The Kier molecular flexibility index (Phi) is 6.32. The van der Waals surface area contributed by atoms with Crippen LogP contribution in [0.15, 0.2) is 12.7 Å². The Morgan fingerprint density at radius 2 is 2.25 bits per heavy atom. The fraction of sp³-hybridized carbons (Fsp3) is 0.667. The molecule has 0 aliphatic carbocycles. The molecule has 0 spiro atoms. The maximum atomic E-state index is 5.90. The number of rotatable bonds is 6. The van der Waals surface area contributed by atoms with Gasteiger partial charge in [0.15, 0.2) is 26.2 Å². The highest BCUT2D eigenvalue weighted by atomic mass is 29.2. The molecule has 0 N–H and O–H groups in total. The molecule has 0 amide bonds. The van der Waals surface area contributed by atoms with Crippen LogP contribution in [0.2, 0.25) is 25.7 Å². The minimum atomic E-state index is -1.29. The summed E-state index contributed by atoms with van der Waals surface area (Å²) in [5.41, 5.74) is 0. The topological polar surface area (TPSA) is 18.5 Å². The van der Waals surface area contributed by atoms with Crippen molar-refractivity contribution >= 4 is 36.6 Å². The van der Waals surface area contributed by atoms with Gasteiger partial charge in [-0.3, -0.25) is 0 Å². The zero-order valence-electron chi connectivity index (χ0n) is 8.59. The van der Waals surface area contributed by atoms with E-state index < -0.39 is 16.9 Å². The van der Waals surface area contributed by atoms with Crippen LogP contribution in [0.3, 0.4) is 0 Å². The molecule has 0 aliphatic rings. The first kappa shape index (κ1) is 12.5. The van der Waals surface area contributed by atoms with Crippen molar-refractivity contribution in [3.05, 3.63) is 12.7 Å². The smallest absolute Gasteiger partial charge is 0.183 e. The fourth-order valence-corrected chi connectivity index (χ4v) is 12.2. The Labute approximate surface area is 83.5 Å². The van der Waals surface area contributed by atoms with Gasteiger partial charge in [-0.05, 0) is 25.7 Å². The second-order valence-corrected chi connectivity index (χ2v) is 18.5. The number of hydrogen-bond acceptors (Lipinski definition) is 2. The van der Waals surface area contributed by atoms with Crippen molar-refractivity contribution in [3.8, 4) is 0 Å². The van der Waals surface area contributed by atoms with Crippen LogP contribution in [-0.2, 0) is 8.23 Å². The van der Waals surface area contributed by atoms with Gasteiger partial charge in [0.2, 0.25) is 0 Å². The van der Waals surface area contributed by atoms with Crippen LogP contribution >= 0.6 is 0 Å². The molecule has 2 nitrogen and oxygen atoms in total. The molecule has 0 bridgehead atoms. The molecule has 0 saturated heterocycles. The molecule has 1 atom stereocenters. The summed E-state index contributed by atoms with van der Waals surface area (Å²) in [6.07, 6.45) is 1.97. The van der Waals surface area contributed by atoms with Crippen LogP contribution < -0.4 is 0 Å². The molecular formula is C6H20O2Si4. The molecule has 72 valence electrons. The van der Waals surface area contributed by atoms with Gasteiger partial charge in [0.05, 0.1) is 0 Å². The SMILES string of the molecule is C=CC[SiH](C)O[SiH2][Si](C)(C)O[SiH3]. The fourth-order valence-electron chi connectivity index (χ4n) is 0.705. The maximum absolute atomic E-state index is 5.90. The largest absolute Gasteiger partial charge is 0.464 e. The van der Waals surface area contributed by atoms with Crippen LogP contribution in [0, 0.1) is 0 Å². The van der Waals surface area contributed by atoms with Crippen molar-refractivity contribution in [1.29, 1.82) is 0 Å². The lowest BCUT2D eigenvalue weighted by molar-refractivity contribution is 0.592. The molecule has 0 fully saturated rings. The summed E-state index contributed by atoms with van der Waals surface area (Å²) in [6, 6.07) is 1.10. The third-order valence-electron chi connectivity index (χ3n) is 1.77. The number of hydrogen-bond donors (Lipinski definition) is 0. The van der Waals surface area contributed by atoms with E-state index in [9.17, 15) is 0 Å². The van der Waals surface area contributed by atoms with E-state index in [2.05, 4.69) is 26.2 Å². The molecule has 0 saturated carbocycles. The van der Waals surface area contributed by atoms with Crippen molar-refractivity contribution in [2.24, 2.45) is 0 Å². The first-order valence-corrected chi connectivity index (χ1v) is 13.4. The van der Waals surface area contributed by atoms with Gasteiger partial charge < -0.3 is 8.23 Å². The van der Waals surface area contributed by atoms with E-state index in [4.69, 9.17) is 8.23 Å². The van der Waals surface area contributed by atoms with Crippen molar-refractivity contribution in [2.45, 2.75) is 25.7 Å². The van der Waals surface area contributed by atoms with Gasteiger partial charge >= 0.3 is 0 Å². The Balaban J connectivity index is 3.59. The van der Waals surface area contributed by atoms with Crippen molar-refractivity contribution in [2.75, 3.05) is 0 Å². The van der Waals surface area contributed by atoms with Gasteiger partial charge in [-0.15, -0.1) is 6.58 Å². The molecule has 0 rings (SSSR count). The average molecular weight is 237 g/mol. The highest BCUT2D eigenvalue weighted by molar-refractivity contribution is 7.19. The van der Waals surface area contributed by atoms with Crippen LogP contribution in [0.4, 0.5) is 0 Å². The lowest BCUT2D eigenvalue weighted by atomic mass is 10.8. The van der Waals surface area contributed by atoms with E-state index in [0.717, 1.165) is 16.5 Å². The van der Waals surface area contributed by atoms with Crippen LogP contribution in [0.25, 0.3) is 0 Å². The Bertz CT molecular complexity index is 140. The monoisotopic (exact) mass is 236 g/mol. The predicted octanol–water partition coefficient (Wildman–Crippen LogP) is -0.375. The third-order valence-corrected chi connectivity index (χ3v) is 17.0. The van der Waals surface area contributed by atoms with Gasteiger partial charge in [-0.1, -0.05) is 6.08 Å². The lowest BCUT2D eigenvalue weighted by Gasteiger charge is -2.22. The summed E-state index contributed by atoms with van der Waals surface area (Å²) in [6.45, 7) is 10.5. The standard InChI is InChI=1S/C6H20O2Si4/c1-5-6-11(2)8-10-12(3,4)7-9/h5,11H,1,6,10H2,2-4,9H3. The second kappa shape index (κ2) is 6.05. The zero-order valence-corrected chi connectivity index (χ0v) is 14.2. The van der Waals surface area contributed by atoms with Gasteiger partial charge in [0, 0.05) is 0 Å². The molecular weight excluding hydrogens is 216 g/mol. The first-order chi connectivity index (χ1) is 5.52.